The number of pyridine rings is 1. The number of likely N-dealkylation sites (tertiary alicyclic amines) is 1. The lowest BCUT2D eigenvalue weighted by atomic mass is 10.1. The van der Waals surface area contributed by atoms with Gasteiger partial charge in [0.25, 0.3) is 0 Å². The summed E-state index contributed by atoms with van der Waals surface area (Å²) in [5.41, 5.74) is 6.55. The number of amides is 1. The van der Waals surface area contributed by atoms with Crippen molar-refractivity contribution in [3.05, 3.63) is 17.8 Å². The molecule has 1 aromatic heterocycles. The zero-order chi connectivity index (χ0) is 15.6. The lowest BCUT2D eigenvalue weighted by Gasteiger charge is -2.28. The van der Waals surface area contributed by atoms with Crippen molar-refractivity contribution in [2.45, 2.75) is 45.3 Å². The number of nitrogen functional groups attached to an aromatic ring is 1. The highest BCUT2D eigenvalue weighted by atomic mass is 16.6. The fourth-order valence-corrected chi connectivity index (χ4v) is 2.43. The second kappa shape index (κ2) is 5.79. The first-order valence-electron chi connectivity index (χ1n) is 7.12. The maximum atomic E-state index is 12.3. The maximum Gasteiger partial charge on any atom is 0.410 e. The van der Waals surface area contributed by atoms with Crippen molar-refractivity contribution >= 4 is 11.8 Å². The molecule has 1 aromatic rings. The monoisotopic (exact) mass is 293 g/mol. The molecule has 6 nitrogen and oxygen atoms in total. The first-order chi connectivity index (χ1) is 9.81. The summed E-state index contributed by atoms with van der Waals surface area (Å²) in [5, 5.41) is 0. The van der Waals surface area contributed by atoms with E-state index in [0.29, 0.717) is 18.1 Å². The molecule has 1 atom stereocenters. The minimum atomic E-state index is -0.504. The van der Waals surface area contributed by atoms with Gasteiger partial charge in [-0.15, -0.1) is 0 Å². The van der Waals surface area contributed by atoms with Crippen LogP contribution in [0.2, 0.25) is 0 Å². The highest BCUT2D eigenvalue weighted by Crippen LogP contribution is 2.34. The van der Waals surface area contributed by atoms with Crippen molar-refractivity contribution in [1.29, 1.82) is 0 Å². The van der Waals surface area contributed by atoms with E-state index >= 15 is 0 Å². The normalized spacial score (nSPS) is 18.7. The van der Waals surface area contributed by atoms with Crippen LogP contribution in [0.3, 0.4) is 0 Å². The SMILES string of the molecule is COc1nc(C2CCCN2C(=O)OC(C)(C)C)ccc1N. The summed E-state index contributed by atoms with van der Waals surface area (Å²) in [4.78, 5) is 18.4. The van der Waals surface area contributed by atoms with Crippen molar-refractivity contribution < 1.29 is 14.3 Å². The van der Waals surface area contributed by atoms with Crippen LogP contribution in [0.4, 0.5) is 10.5 Å². The summed E-state index contributed by atoms with van der Waals surface area (Å²) >= 11 is 0. The number of anilines is 1. The fourth-order valence-electron chi connectivity index (χ4n) is 2.43. The number of hydrogen-bond acceptors (Lipinski definition) is 5. The van der Waals surface area contributed by atoms with E-state index in [1.807, 2.05) is 26.8 Å². The Labute approximate surface area is 125 Å². The summed E-state index contributed by atoms with van der Waals surface area (Å²) in [5.74, 6) is 0.392. The molecule has 1 unspecified atom stereocenters. The Kier molecular flexibility index (Phi) is 4.25. The Morgan fingerprint density at radius 1 is 1.43 bits per heavy atom. The number of carbonyl (C=O) groups is 1. The van der Waals surface area contributed by atoms with Gasteiger partial charge in [-0.2, -0.15) is 0 Å². The van der Waals surface area contributed by atoms with Crippen LogP contribution in [0.1, 0.15) is 45.3 Å². The Balaban J connectivity index is 2.20. The molecule has 2 heterocycles. The number of ether oxygens (including phenoxy) is 2. The minimum Gasteiger partial charge on any atom is -0.480 e. The molecule has 0 bridgehead atoms. The molecule has 0 saturated carbocycles. The van der Waals surface area contributed by atoms with Crippen LogP contribution in [0.5, 0.6) is 5.88 Å². The maximum absolute atomic E-state index is 12.3. The highest BCUT2D eigenvalue weighted by Gasteiger charge is 2.34. The molecule has 1 amide bonds. The zero-order valence-electron chi connectivity index (χ0n) is 13.0. The van der Waals surface area contributed by atoms with E-state index in [2.05, 4.69) is 4.98 Å². The Bertz CT molecular complexity index is 525. The van der Waals surface area contributed by atoms with E-state index in [4.69, 9.17) is 15.2 Å². The van der Waals surface area contributed by atoms with Crippen LogP contribution in [0.25, 0.3) is 0 Å². The molecule has 2 N–H and O–H groups in total. The molecule has 2 rings (SSSR count). The third kappa shape index (κ3) is 3.56. The van der Waals surface area contributed by atoms with E-state index in [1.165, 1.54) is 7.11 Å². The number of rotatable bonds is 2. The van der Waals surface area contributed by atoms with Gasteiger partial charge in [-0.05, 0) is 45.7 Å². The number of nitrogens with two attached hydrogens (primary N) is 1. The van der Waals surface area contributed by atoms with Crippen LogP contribution in [0.15, 0.2) is 12.1 Å². The average molecular weight is 293 g/mol. The molecular weight excluding hydrogens is 270 g/mol. The van der Waals surface area contributed by atoms with Gasteiger partial charge >= 0.3 is 6.09 Å². The minimum absolute atomic E-state index is 0.0886. The van der Waals surface area contributed by atoms with Crippen molar-refractivity contribution in [2.24, 2.45) is 0 Å². The van der Waals surface area contributed by atoms with Gasteiger partial charge in [0.15, 0.2) is 0 Å². The Morgan fingerprint density at radius 3 is 2.76 bits per heavy atom. The number of nitrogens with zero attached hydrogens (tertiary/aromatic N) is 2. The quantitative estimate of drug-likeness (QED) is 0.907. The number of carbonyl (C=O) groups excluding carboxylic acids is 1. The fraction of sp³-hybridized carbons (Fsp3) is 0.600. The third-order valence-corrected chi connectivity index (χ3v) is 3.33. The standard InChI is InChI=1S/C15H23N3O3/c1-15(2,3)21-14(19)18-9-5-6-12(18)11-8-7-10(16)13(17-11)20-4/h7-8,12H,5-6,9,16H2,1-4H3. The number of aromatic nitrogens is 1. The van der Waals surface area contributed by atoms with Crippen molar-refractivity contribution in [3.8, 4) is 5.88 Å². The topological polar surface area (TPSA) is 77.7 Å². The van der Waals surface area contributed by atoms with Gasteiger partial charge in [-0.3, -0.25) is 4.90 Å². The second-order valence-corrected chi connectivity index (χ2v) is 6.17. The van der Waals surface area contributed by atoms with Gasteiger partial charge < -0.3 is 15.2 Å². The Hall–Kier alpha value is -1.98. The van der Waals surface area contributed by atoms with E-state index < -0.39 is 5.60 Å². The molecule has 0 radical (unpaired) electrons. The predicted octanol–water partition coefficient (Wildman–Crippen LogP) is 2.74. The molecule has 1 aliphatic rings. The highest BCUT2D eigenvalue weighted by molar-refractivity contribution is 5.69. The largest absolute Gasteiger partial charge is 0.480 e. The summed E-state index contributed by atoms with van der Waals surface area (Å²) in [7, 11) is 1.53. The van der Waals surface area contributed by atoms with Gasteiger partial charge in [-0.25, -0.2) is 9.78 Å². The first-order valence-corrected chi connectivity index (χ1v) is 7.12. The van der Waals surface area contributed by atoms with E-state index in [9.17, 15) is 4.79 Å². The van der Waals surface area contributed by atoms with E-state index in [0.717, 1.165) is 18.5 Å². The lowest BCUT2D eigenvalue weighted by molar-refractivity contribution is 0.0221. The van der Waals surface area contributed by atoms with Crippen LogP contribution in [-0.2, 0) is 4.74 Å². The van der Waals surface area contributed by atoms with Gasteiger partial charge in [0.05, 0.1) is 24.5 Å². The van der Waals surface area contributed by atoms with Crippen LogP contribution in [0, 0.1) is 0 Å². The molecule has 1 fully saturated rings. The molecule has 0 aromatic carbocycles. The van der Waals surface area contributed by atoms with Crippen molar-refractivity contribution in [3.63, 3.8) is 0 Å². The van der Waals surface area contributed by atoms with E-state index in [1.54, 1.807) is 11.0 Å². The van der Waals surface area contributed by atoms with Crippen LogP contribution >= 0.6 is 0 Å². The Morgan fingerprint density at radius 2 is 2.14 bits per heavy atom. The summed E-state index contributed by atoms with van der Waals surface area (Å²) in [6.07, 6.45) is 1.49. The summed E-state index contributed by atoms with van der Waals surface area (Å²) < 4.78 is 10.6. The molecule has 21 heavy (non-hydrogen) atoms. The molecule has 0 spiro atoms. The average Bonchev–Trinajstić information content (AvgIpc) is 2.86. The summed E-state index contributed by atoms with van der Waals surface area (Å²) in [6.45, 7) is 6.26. The van der Waals surface area contributed by atoms with Crippen molar-refractivity contribution in [2.75, 3.05) is 19.4 Å². The molecule has 0 aliphatic carbocycles. The van der Waals surface area contributed by atoms with Gasteiger partial charge in [0.1, 0.15) is 5.60 Å². The van der Waals surface area contributed by atoms with Gasteiger partial charge in [-0.1, -0.05) is 0 Å². The molecule has 1 aliphatic heterocycles. The van der Waals surface area contributed by atoms with Crippen LogP contribution < -0.4 is 10.5 Å². The summed E-state index contributed by atoms with van der Waals surface area (Å²) in [6, 6.07) is 3.51. The smallest absolute Gasteiger partial charge is 0.410 e. The second-order valence-electron chi connectivity index (χ2n) is 6.17. The zero-order valence-corrected chi connectivity index (χ0v) is 13.0. The van der Waals surface area contributed by atoms with Gasteiger partial charge in [0.2, 0.25) is 5.88 Å². The van der Waals surface area contributed by atoms with Gasteiger partial charge in [0, 0.05) is 6.54 Å². The van der Waals surface area contributed by atoms with E-state index in [-0.39, 0.29) is 12.1 Å². The molecule has 6 heteroatoms. The first kappa shape index (κ1) is 15.4. The third-order valence-electron chi connectivity index (χ3n) is 3.33. The number of methoxy groups -OCH3 is 1. The molecule has 116 valence electrons. The van der Waals surface area contributed by atoms with Crippen molar-refractivity contribution in [1.82, 2.24) is 9.88 Å². The molecule has 1 saturated heterocycles. The number of hydrogen-bond donors (Lipinski definition) is 1. The lowest BCUT2D eigenvalue weighted by Crippen LogP contribution is -2.36. The van der Waals surface area contributed by atoms with Crippen LogP contribution in [-0.4, -0.2) is 35.2 Å². The molecular formula is C15H23N3O3. The predicted molar refractivity (Wildman–Crippen MR) is 80.1 cm³/mol.